The molecule has 28 heavy (non-hydrogen) atoms. The number of methoxy groups -OCH3 is 3. The second kappa shape index (κ2) is 12.7. The molecule has 1 N–H and O–H groups in total. The zero-order valence-corrected chi connectivity index (χ0v) is 19.5. The smallest absolute Gasteiger partial charge is 0.308 e. The standard InChI is InChI=1S/C20H31N3O4.HI/c1-5-21-20(23-12-9-15(10-13-23)19(24)27-4)22-11-8-16-14-17(25-2)6-7-18(16)26-3;/h6-7,14-15H,5,8-13H2,1-4H3,(H,21,22);1H. The predicted molar refractivity (Wildman–Crippen MR) is 121 cm³/mol. The van der Waals surface area contributed by atoms with Crippen molar-refractivity contribution in [1.82, 2.24) is 10.2 Å². The summed E-state index contributed by atoms with van der Waals surface area (Å²) in [4.78, 5) is 18.7. The highest BCUT2D eigenvalue weighted by Crippen LogP contribution is 2.24. The van der Waals surface area contributed by atoms with E-state index in [-0.39, 0.29) is 35.9 Å². The number of aliphatic imine (C=N–C) groups is 1. The number of carbonyl (C=O) groups excluding carboxylic acids is 1. The van der Waals surface area contributed by atoms with Gasteiger partial charge in [0.25, 0.3) is 0 Å². The Morgan fingerprint density at radius 3 is 2.50 bits per heavy atom. The summed E-state index contributed by atoms with van der Waals surface area (Å²) in [5, 5.41) is 3.35. The number of hydrogen-bond donors (Lipinski definition) is 1. The maximum atomic E-state index is 11.7. The van der Waals surface area contributed by atoms with Gasteiger partial charge in [-0.2, -0.15) is 0 Å². The van der Waals surface area contributed by atoms with Crippen molar-refractivity contribution in [3.05, 3.63) is 23.8 Å². The first kappa shape index (κ1) is 24.3. The van der Waals surface area contributed by atoms with Crippen molar-refractivity contribution in [1.29, 1.82) is 0 Å². The Morgan fingerprint density at radius 1 is 1.21 bits per heavy atom. The molecule has 1 fully saturated rings. The minimum Gasteiger partial charge on any atom is -0.497 e. The summed E-state index contributed by atoms with van der Waals surface area (Å²) in [6.07, 6.45) is 2.34. The van der Waals surface area contributed by atoms with Crippen LogP contribution in [0.15, 0.2) is 23.2 Å². The van der Waals surface area contributed by atoms with E-state index in [0.717, 1.165) is 61.9 Å². The van der Waals surface area contributed by atoms with Crippen molar-refractivity contribution in [3.8, 4) is 11.5 Å². The number of carbonyl (C=O) groups is 1. The monoisotopic (exact) mass is 505 g/mol. The number of benzene rings is 1. The highest BCUT2D eigenvalue weighted by molar-refractivity contribution is 14.0. The van der Waals surface area contributed by atoms with Gasteiger partial charge in [0.1, 0.15) is 11.5 Å². The van der Waals surface area contributed by atoms with Crippen LogP contribution in [0, 0.1) is 5.92 Å². The maximum absolute atomic E-state index is 11.7. The lowest BCUT2D eigenvalue weighted by Crippen LogP contribution is -2.46. The lowest BCUT2D eigenvalue weighted by Gasteiger charge is -2.33. The van der Waals surface area contributed by atoms with Crippen LogP contribution in [0.2, 0.25) is 0 Å². The number of guanidine groups is 1. The number of rotatable bonds is 7. The van der Waals surface area contributed by atoms with E-state index in [1.165, 1.54) is 7.11 Å². The van der Waals surface area contributed by atoms with Gasteiger partial charge in [-0.15, -0.1) is 24.0 Å². The number of nitrogens with one attached hydrogen (secondary N) is 1. The van der Waals surface area contributed by atoms with Crippen LogP contribution in [0.25, 0.3) is 0 Å². The number of piperidine rings is 1. The van der Waals surface area contributed by atoms with E-state index < -0.39 is 0 Å². The lowest BCUT2D eigenvalue weighted by atomic mass is 9.97. The SMILES string of the molecule is CCNC(=NCCc1cc(OC)ccc1OC)N1CCC(C(=O)OC)CC1.I. The highest BCUT2D eigenvalue weighted by Gasteiger charge is 2.26. The van der Waals surface area contributed by atoms with Crippen LogP contribution in [0.3, 0.4) is 0 Å². The van der Waals surface area contributed by atoms with Crippen LogP contribution in [0.5, 0.6) is 11.5 Å². The van der Waals surface area contributed by atoms with Crippen molar-refractivity contribution in [2.75, 3.05) is 47.5 Å². The lowest BCUT2D eigenvalue weighted by molar-refractivity contribution is -0.146. The van der Waals surface area contributed by atoms with E-state index >= 15 is 0 Å². The van der Waals surface area contributed by atoms with E-state index in [1.807, 2.05) is 18.2 Å². The van der Waals surface area contributed by atoms with Gasteiger partial charge in [-0.3, -0.25) is 9.79 Å². The van der Waals surface area contributed by atoms with Crippen LogP contribution < -0.4 is 14.8 Å². The second-order valence-corrected chi connectivity index (χ2v) is 6.45. The Morgan fingerprint density at radius 2 is 1.93 bits per heavy atom. The molecule has 2 rings (SSSR count). The van der Waals surface area contributed by atoms with Crippen molar-refractivity contribution in [3.63, 3.8) is 0 Å². The molecule has 0 unspecified atom stereocenters. The molecule has 1 aliphatic heterocycles. The fourth-order valence-corrected chi connectivity index (χ4v) is 3.28. The van der Waals surface area contributed by atoms with Gasteiger partial charge in [0.15, 0.2) is 5.96 Å². The van der Waals surface area contributed by atoms with Crippen molar-refractivity contribution < 1.29 is 19.0 Å². The minimum atomic E-state index is -0.110. The molecule has 0 saturated carbocycles. The van der Waals surface area contributed by atoms with E-state index in [9.17, 15) is 4.79 Å². The third kappa shape index (κ3) is 6.72. The zero-order valence-electron chi connectivity index (χ0n) is 17.2. The van der Waals surface area contributed by atoms with Crippen LogP contribution >= 0.6 is 24.0 Å². The molecule has 7 nitrogen and oxygen atoms in total. The van der Waals surface area contributed by atoms with Crippen molar-refractivity contribution in [2.45, 2.75) is 26.2 Å². The third-order valence-corrected chi connectivity index (χ3v) is 4.79. The van der Waals surface area contributed by atoms with Crippen LogP contribution in [0.1, 0.15) is 25.3 Å². The number of halogens is 1. The van der Waals surface area contributed by atoms with Crippen LogP contribution in [-0.4, -0.2) is 64.3 Å². The first-order valence-electron chi connectivity index (χ1n) is 9.44. The molecule has 0 amide bonds. The molecule has 1 aromatic rings. The molecule has 1 aromatic carbocycles. The number of nitrogens with zero attached hydrogens (tertiary/aromatic N) is 2. The molecule has 1 saturated heterocycles. The van der Waals surface area contributed by atoms with Gasteiger partial charge < -0.3 is 24.4 Å². The summed E-state index contributed by atoms with van der Waals surface area (Å²) in [5.74, 6) is 2.43. The largest absolute Gasteiger partial charge is 0.497 e. The summed E-state index contributed by atoms with van der Waals surface area (Å²) in [5.41, 5.74) is 1.07. The Hall–Kier alpha value is -1.71. The fraction of sp³-hybridized carbons (Fsp3) is 0.600. The van der Waals surface area contributed by atoms with E-state index in [4.69, 9.17) is 19.2 Å². The van der Waals surface area contributed by atoms with Gasteiger partial charge in [0.05, 0.1) is 27.2 Å². The van der Waals surface area contributed by atoms with Gasteiger partial charge in [-0.25, -0.2) is 0 Å². The molecule has 1 heterocycles. The molecular weight excluding hydrogens is 473 g/mol. The molecule has 0 radical (unpaired) electrons. The van der Waals surface area contributed by atoms with Crippen molar-refractivity contribution in [2.24, 2.45) is 10.9 Å². The van der Waals surface area contributed by atoms with Crippen molar-refractivity contribution >= 4 is 35.9 Å². The van der Waals surface area contributed by atoms with Gasteiger partial charge >= 0.3 is 5.97 Å². The van der Waals surface area contributed by atoms with E-state index in [2.05, 4.69) is 17.1 Å². The minimum absolute atomic E-state index is 0. The quantitative estimate of drug-likeness (QED) is 0.266. The molecule has 0 spiro atoms. The van der Waals surface area contributed by atoms with Gasteiger partial charge in [0.2, 0.25) is 0 Å². The summed E-state index contributed by atoms with van der Waals surface area (Å²) in [6, 6.07) is 5.80. The first-order valence-corrected chi connectivity index (χ1v) is 9.44. The molecule has 158 valence electrons. The fourth-order valence-electron chi connectivity index (χ4n) is 3.28. The Balaban J connectivity index is 0.00000392. The molecule has 8 heteroatoms. The summed E-state index contributed by atoms with van der Waals surface area (Å²) >= 11 is 0. The molecule has 0 aromatic heterocycles. The van der Waals surface area contributed by atoms with Crippen LogP contribution in [0.4, 0.5) is 0 Å². The number of ether oxygens (including phenoxy) is 3. The zero-order chi connectivity index (χ0) is 19.6. The normalized spacial score (nSPS) is 14.9. The number of hydrogen-bond acceptors (Lipinski definition) is 5. The van der Waals surface area contributed by atoms with Gasteiger partial charge in [-0.1, -0.05) is 0 Å². The first-order chi connectivity index (χ1) is 13.1. The Kier molecular flexibility index (Phi) is 11.0. The highest BCUT2D eigenvalue weighted by atomic mass is 127. The average molecular weight is 505 g/mol. The second-order valence-electron chi connectivity index (χ2n) is 6.45. The number of likely N-dealkylation sites (tertiary alicyclic amines) is 1. The molecule has 0 atom stereocenters. The molecule has 0 bridgehead atoms. The molecule has 0 aliphatic carbocycles. The summed E-state index contributed by atoms with van der Waals surface area (Å²) in [6.45, 7) is 5.10. The average Bonchev–Trinajstić information content (AvgIpc) is 2.72. The Bertz CT molecular complexity index is 646. The predicted octanol–water partition coefficient (Wildman–Crippen LogP) is 2.71. The topological polar surface area (TPSA) is 72.4 Å². The van der Waals surface area contributed by atoms with Gasteiger partial charge in [-0.05, 0) is 49.9 Å². The maximum Gasteiger partial charge on any atom is 0.308 e. The third-order valence-electron chi connectivity index (χ3n) is 4.79. The molecule has 1 aliphatic rings. The van der Waals surface area contributed by atoms with Gasteiger partial charge in [0, 0.05) is 26.2 Å². The summed E-state index contributed by atoms with van der Waals surface area (Å²) < 4.78 is 15.6. The van der Waals surface area contributed by atoms with E-state index in [0.29, 0.717) is 6.54 Å². The van der Waals surface area contributed by atoms with Crippen LogP contribution in [-0.2, 0) is 16.0 Å². The molecular formula is C20H32IN3O4. The number of esters is 1. The Labute approximate surface area is 184 Å². The summed E-state index contributed by atoms with van der Waals surface area (Å²) in [7, 11) is 4.78. The van der Waals surface area contributed by atoms with E-state index in [1.54, 1.807) is 14.2 Å².